The summed E-state index contributed by atoms with van der Waals surface area (Å²) in [7, 11) is 0. The van der Waals surface area contributed by atoms with E-state index in [1.54, 1.807) is 6.92 Å². The number of carboxylic acid groups (broad SMARTS) is 1. The van der Waals surface area contributed by atoms with Gasteiger partial charge < -0.3 is 15.2 Å². The molecular weight excluding hydrogens is 347 g/mol. The summed E-state index contributed by atoms with van der Waals surface area (Å²) in [5, 5.41) is 11.5. The Hall–Kier alpha value is -2.25. The van der Waals surface area contributed by atoms with Crippen molar-refractivity contribution < 1.29 is 24.2 Å². The Kier molecular flexibility index (Phi) is 5.12. The Balaban J connectivity index is 2.31. The van der Waals surface area contributed by atoms with Crippen molar-refractivity contribution >= 4 is 47.2 Å². The van der Waals surface area contributed by atoms with Gasteiger partial charge in [0.15, 0.2) is 5.75 Å². The van der Waals surface area contributed by atoms with Crippen molar-refractivity contribution in [3.8, 4) is 5.75 Å². The van der Waals surface area contributed by atoms with E-state index >= 15 is 0 Å². The molecule has 2 N–H and O–H groups in total. The molecule has 0 atom stereocenters. The minimum Gasteiger partial charge on any atom is -0.491 e. The molecule has 1 fully saturated rings. The summed E-state index contributed by atoms with van der Waals surface area (Å²) in [5.74, 6) is -1.70. The quantitative estimate of drug-likeness (QED) is 0.622. The van der Waals surface area contributed by atoms with E-state index in [-0.39, 0.29) is 15.7 Å². The first-order valence-corrected chi connectivity index (χ1v) is 7.27. The van der Waals surface area contributed by atoms with Gasteiger partial charge in [0, 0.05) is 0 Å². The number of carbonyl (C=O) groups excluding carboxylic acids is 2. The van der Waals surface area contributed by atoms with Crippen LogP contribution in [-0.2, 0) is 9.59 Å². The van der Waals surface area contributed by atoms with Crippen LogP contribution in [0.15, 0.2) is 17.8 Å². The Bertz CT molecular complexity index is 694. The lowest BCUT2D eigenvalue weighted by Gasteiger charge is -2.09. The summed E-state index contributed by atoms with van der Waals surface area (Å²) < 4.78 is 5.30. The Morgan fingerprint density at radius 1 is 1.35 bits per heavy atom. The third-order valence-corrected chi connectivity index (χ3v) is 3.44. The topological polar surface area (TPSA) is 95.9 Å². The van der Waals surface area contributed by atoms with Crippen molar-refractivity contribution in [2.45, 2.75) is 6.92 Å². The second-order valence-electron chi connectivity index (χ2n) is 4.52. The zero-order valence-electron chi connectivity index (χ0n) is 11.9. The summed E-state index contributed by atoms with van der Waals surface area (Å²) in [6.07, 6.45) is 1.36. The van der Waals surface area contributed by atoms with Gasteiger partial charge in [-0.25, -0.2) is 9.69 Å². The lowest BCUT2D eigenvalue weighted by atomic mass is 10.1. The monoisotopic (exact) mass is 358 g/mol. The third-order valence-electron chi connectivity index (χ3n) is 2.88. The van der Waals surface area contributed by atoms with Crippen LogP contribution in [0.1, 0.15) is 12.5 Å². The first-order chi connectivity index (χ1) is 10.8. The Morgan fingerprint density at radius 3 is 2.48 bits per heavy atom. The standard InChI is InChI=1S/C14H12Cl2N2O5/c1-2-23-12-8(15)3-7(4-9(12)16)5-10-13(21)18(6-11(19)20)14(22)17-10/h3-5H,2,6H2,1H3,(H,17,22)(H,19,20)/b10-5+. The molecule has 2 rings (SSSR count). The average Bonchev–Trinajstić information content (AvgIpc) is 2.70. The summed E-state index contributed by atoms with van der Waals surface area (Å²) in [6, 6.07) is 2.24. The van der Waals surface area contributed by atoms with E-state index in [1.807, 2.05) is 0 Å². The van der Waals surface area contributed by atoms with Crippen LogP contribution in [-0.4, -0.2) is 41.1 Å². The summed E-state index contributed by atoms with van der Waals surface area (Å²) >= 11 is 12.1. The number of nitrogens with one attached hydrogen (secondary N) is 1. The van der Waals surface area contributed by atoms with Crippen LogP contribution in [0.5, 0.6) is 5.75 Å². The van der Waals surface area contributed by atoms with Gasteiger partial charge in [0.2, 0.25) is 0 Å². The van der Waals surface area contributed by atoms with E-state index in [2.05, 4.69) is 5.32 Å². The molecule has 0 radical (unpaired) electrons. The second-order valence-corrected chi connectivity index (χ2v) is 5.33. The number of benzene rings is 1. The predicted molar refractivity (Wildman–Crippen MR) is 83.5 cm³/mol. The van der Waals surface area contributed by atoms with Gasteiger partial charge in [-0.15, -0.1) is 0 Å². The van der Waals surface area contributed by atoms with Crippen molar-refractivity contribution in [3.63, 3.8) is 0 Å². The van der Waals surface area contributed by atoms with Crippen molar-refractivity contribution in [1.82, 2.24) is 10.2 Å². The van der Waals surface area contributed by atoms with E-state index in [9.17, 15) is 14.4 Å². The van der Waals surface area contributed by atoms with Crippen LogP contribution >= 0.6 is 23.2 Å². The number of nitrogens with zero attached hydrogens (tertiary/aromatic N) is 1. The largest absolute Gasteiger partial charge is 0.491 e. The normalized spacial score (nSPS) is 16.0. The van der Waals surface area contributed by atoms with Crippen LogP contribution in [0.2, 0.25) is 10.0 Å². The summed E-state index contributed by atoms with van der Waals surface area (Å²) in [5.41, 5.74) is 0.400. The van der Waals surface area contributed by atoms with Gasteiger partial charge in [0.1, 0.15) is 12.2 Å². The van der Waals surface area contributed by atoms with Crippen LogP contribution in [0.4, 0.5) is 4.79 Å². The second kappa shape index (κ2) is 6.89. The predicted octanol–water partition coefficient (Wildman–Crippen LogP) is 2.37. The van der Waals surface area contributed by atoms with Gasteiger partial charge in [-0.3, -0.25) is 9.59 Å². The zero-order valence-corrected chi connectivity index (χ0v) is 13.4. The highest BCUT2D eigenvalue weighted by Crippen LogP contribution is 2.35. The molecule has 1 aromatic carbocycles. The highest BCUT2D eigenvalue weighted by molar-refractivity contribution is 6.37. The molecule has 7 nitrogen and oxygen atoms in total. The number of imide groups is 1. The van der Waals surface area contributed by atoms with Gasteiger partial charge in [-0.2, -0.15) is 0 Å². The Labute approximate surface area is 141 Å². The number of hydrogen-bond donors (Lipinski definition) is 2. The highest BCUT2D eigenvalue weighted by Gasteiger charge is 2.34. The number of aliphatic carboxylic acids is 1. The molecule has 1 aliphatic heterocycles. The van der Waals surface area contributed by atoms with E-state index in [1.165, 1.54) is 18.2 Å². The molecule has 1 saturated heterocycles. The van der Waals surface area contributed by atoms with Gasteiger partial charge in [-0.1, -0.05) is 23.2 Å². The Morgan fingerprint density at radius 2 is 1.96 bits per heavy atom. The minimum atomic E-state index is -1.29. The van der Waals surface area contributed by atoms with Crippen molar-refractivity contribution in [1.29, 1.82) is 0 Å². The molecule has 0 unspecified atom stereocenters. The molecule has 3 amide bonds. The van der Waals surface area contributed by atoms with Crippen LogP contribution in [0.3, 0.4) is 0 Å². The van der Waals surface area contributed by atoms with Crippen LogP contribution < -0.4 is 10.1 Å². The molecule has 1 heterocycles. The molecule has 0 spiro atoms. The molecule has 1 aromatic rings. The van der Waals surface area contributed by atoms with Crippen LogP contribution in [0, 0.1) is 0 Å². The average molecular weight is 359 g/mol. The van der Waals surface area contributed by atoms with E-state index in [0.717, 1.165) is 0 Å². The summed E-state index contributed by atoms with van der Waals surface area (Å²) in [6.45, 7) is 1.46. The minimum absolute atomic E-state index is 0.0625. The molecule has 23 heavy (non-hydrogen) atoms. The number of urea groups is 1. The van der Waals surface area contributed by atoms with Gasteiger partial charge in [0.25, 0.3) is 5.91 Å². The maximum Gasteiger partial charge on any atom is 0.329 e. The fourth-order valence-electron chi connectivity index (χ4n) is 1.96. The van der Waals surface area contributed by atoms with Gasteiger partial charge in [0.05, 0.1) is 16.7 Å². The lowest BCUT2D eigenvalue weighted by Crippen LogP contribution is -2.35. The zero-order chi connectivity index (χ0) is 17.1. The molecule has 0 aromatic heterocycles. The molecule has 122 valence electrons. The number of hydrogen-bond acceptors (Lipinski definition) is 4. The number of carboxylic acids is 1. The van der Waals surface area contributed by atoms with E-state index < -0.39 is 24.5 Å². The van der Waals surface area contributed by atoms with Crippen molar-refractivity contribution in [3.05, 3.63) is 33.4 Å². The van der Waals surface area contributed by atoms with Gasteiger partial charge >= 0.3 is 12.0 Å². The number of rotatable bonds is 5. The molecule has 0 saturated carbocycles. The summed E-state index contributed by atoms with van der Waals surface area (Å²) in [4.78, 5) is 34.9. The number of amides is 3. The molecule has 0 aliphatic carbocycles. The highest BCUT2D eigenvalue weighted by atomic mass is 35.5. The molecule has 0 bridgehead atoms. The smallest absolute Gasteiger partial charge is 0.329 e. The first-order valence-electron chi connectivity index (χ1n) is 6.51. The maximum atomic E-state index is 12.0. The van der Waals surface area contributed by atoms with E-state index in [0.29, 0.717) is 22.8 Å². The van der Waals surface area contributed by atoms with Crippen LogP contribution in [0.25, 0.3) is 6.08 Å². The van der Waals surface area contributed by atoms with Crippen molar-refractivity contribution in [2.75, 3.05) is 13.2 Å². The molecule has 9 heteroatoms. The fourth-order valence-corrected chi connectivity index (χ4v) is 2.58. The fraction of sp³-hybridized carbons (Fsp3) is 0.214. The molecule has 1 aliphatic rings. The maximum absolute atomic E-state index is 12.0. The first kappa shape index (κ1) is 17.1. The van der Waals surface area contributed by atoms with Crippen molar-refractivity contribution in [2.24, 2.45) is 0 Å². The number of ether oxygens (including phenoxy) is 1. The van der Waals surface area contributed by atoms with E-state index in [4.69, 9.17) is 33.0 Å². The third kappa shape index (κ3) is 3.75. The number of carbonyl (C=O) groups is 3. The number of halogens is 2. The van der Waals surface area contributed by atoms with Gasteiger partial charge in [-0.05, 0) is 30.7 Å². The lowest BCUT2D eigenvalue weighted by molar-refractivity contribution is -0.140. The SMILES string of the molecule is CCOc1c(Cl)cc(/C=C2/NC(=O)N(CC(=O)O)C2=O)cc1Cl. The molecular formula is C14H12Cl2N2O5.